The number of carbonyl (C=O) groups excluding carboxylic acids is 1. The van der Waals surface area contributed by atoms with Crippen molar-refractivity contribution in [3.05, 3.63) is 35.9 Å². The lowest BCUT2D eigenvalue weighted by Crippen LogP contribution is -2.56. The third-order valence-corrected chi connectivity index (χ3v) is 7.16. The van der Waals surface area contributed by atoms with Crippen molar-refractivity contribution in [3.8, 4) is 0 Å². The van der Waals surface area contributed by atoms with Gasteiger partial charge in [-0.3, -0.25) is 4.79 Å². The first kappa shape index (κ1) is 21.6. The van der Waals surface area contributed by atoms with Gasteiger partial charge in [0.05, 0.1) is 10.6 Å². The van der Waals surface area contributed by atoms with E-state index in [-0.39, 0.29) is 22.9 Å². The first-order chi connectivity index (χ1) is 14.7. The fourth-order valence-corrected chi connectivity index (χ4v) is 4.87. The van der Waals surface area contributed by atoms with E-state index in [0.717, 1.165) is 29.9 Å². The fourth-order valence-electron chi connectivity index (χ4n) is 4.22. The van der Waals surface area contributed by atoms with Crippen molar-refractivity contribution in [2.75, 3.05) is 41.6 Å². The van der Waals surface area contributed by atoms with E-state index in [1.54, 1.807) is 30.1 Å². The number of aromatic nitrogens is 1. The number of benzene rings is 1. The van der Waals surface area contributed by atoms with Gasteiger partial charge in [0.25, 0.3) is 0 Å². The summed E-state index contributed by atoms with van der Waals surface area (Å²) in [7, 11) is -1.55. The van der Waals surface area contributed by atoms with Gasteiger partial charge in [-0.2, -0.15) is 0 Å². The van der Waals surface area contributed by atoms with Crippen LogP contribution in [0, 0.1) is 6.92 Å². The van der Waals surface area contributed by atoms with E-state index < -0.39 is 9.84 Å². The maximum Gasteiger partial charge on any atom is 0.249 e. The number of sulfone groups is 1. The lowest BCUT2D eigenvalue weighted by molar-refractivity contribution is -0.119. The van der Waals surface area contributed by atoms with Gasteiger partial charge in [-0.05, 0) is 56.5 Å². The number of nitrogens with zero attached hydrogens (tertiary/aromatic N) is 3. The molecule has 2 aliphatic heterocycles. The molecule has 4 rings (SSSR count). The Labute approximate surface area is 183 Å². The highest BCUT2D eigenvalue weighted by molar-refractivity contribution is 7.90. The van der Waals surface area contributed by atoms with E-state index in [4.69, 9.17) is 9.72 Å². The van der Waals surface area contributed by atoms with E-state index >= 15 is 0 Å². The third kappa shape index (κ3) is 4.12. The number of likely N-dealkylation sites (N-methyl/N-ethyl adjacent to an activating group) is 1. The van der Waals surface area contributed by atoms with E-state index in [1.165, 1.54) is 6.26 Å². The summed E-state index contributed by atoms with van der Waals surface area (Å²) in [5, 5.41) is 3.27. The molecular formula is C22H28N4O4S. The molecule has 1 fully saturated rings. The first-order valence-electron chi connectivity index (χ1n) is 10.4. The molecule has 0 saturated carbocycles. The van der Waals surface area contributed by atoms with Gasteiger partial charge >= 0.3 is 0 Å². The van der Waals surface area contributed by atoms with Gasteiger partial charge in [-0.1, -0.05) is 6.07 Å². The van der Waals surface area contributed by atoms with Crippen molar-refractivity contribution in [3.63, 3.8) is 0 Å². The smallest absolute Gasteiger partial charge is 0.249 e. The molecule has 3 heterocycles. The van der Waals surface area contributed by atoms with Crippen LogP contribution in [-0.2, 0) is 19.4 Å². The zero-order valence-electron chi connectivity index (χ0n) is 18.3. The number of ether oxygens (including phenoxy) is 1. The van der Waals surface area contributed by atoms with Crippen molar-refractivity contribution < 1.29 is 17.9 Å². The number of aryl methyl sites for hydroxylation is 1. The molecule has 1 aromatic heterocycles. The molecular weight excluding hydrogens is 416 g/mol. The topological polar surface area (TPSA) is 91.8 Å². The number of hydrogen-bond donors (Lipinski definition) is 1. The number of pyridine rings is 1. The van der Waals surface area contributed by atoms with Crippen LogP contribution in [0.2, 0.25) is 0 Å². The molecule has 8 nitrogen and oxygen atoms in total. The summed E-state index contributed by atoms with van der Waals surface area (Å²) in [6.07, 6.45) is 2.88. The monoisotopic (exact) mass is 444 g/mol. The molecule has 2 aromatic rings. The minimum Gasteiger partial charge on any atom is -0.381 e. The Morgan fingerprint density at radius 1 is 1.16 bits per heavy atom. The van der Waals surface area contributed by atoms with Gasteiger partial charge in [-0.25, -0.2) is 13.4 Å². The molecule has 1 saturated heterocycles. The summed E-state index contributed by atoms with van der Waals surface area (Å²) >= 11 is 0. The molecule has 0 radical (unpaired) electrons. The van der Waals surface area contributed by atoms with Crippen LogP contribution >= 0.6 is 0 Å². The number of anilines is 4. The van der Waals surface area contributed by atoms with Crippen molar-refractivity contribution >= 4 is 38.8 Å². The SMILES string of the molecule is Cc1ccc(S(C)(=O)=O)cc1Nc1ccc2c(n1)N(C1CCOCC1)[C@H](C)C(=O)N2C. The highest BCUT2D eigenvalue weighted by Crippen LogP contribution is 2.38. The second-order valence-electron chi connectivity index (χ2n) is 8.24. The molecule has 9 heteroatoms. The van der Waals surface area contributed by atoms with Crippen LogP contribution in [0.1, 0.15) is 25.3 Å². The second-order valence-corrected chi connectivity index (χ2v) is 10.3. The quantitative estimate of drug-likeness (QED) is 0.775. The molecule has 166 valence electrons. The van der Waals surface area contributed by atoms with E-state index in [1.807, 2.05) is 26.0 Å². The number of nitrogens with one attached hydrogen (secondary N) is 1. The van der Waals surface area contributed by atoms with Crippen LogP contribution < -0.4 is 15.1 Å². The van der Waals surface area contributed by atoms with Crippen molar-refractivity contribution in [2.45, 2.75) is 43.7 Å². The van der Waals surface area contributed by atoms with Crippen molar-refractivity contribution in [2.24, 2.45) is 0 Å². The Morgan fingerprint density at radius 3 is 2.55 bits per heavy atom. The van der Waals surface area contributed by atoms with Crippen LogP contribution in [0.4, 0.5) is 23.0 Å². The average Bonchev–Trinajstić information content (AvgIpc) is 2.74. The van der Waals surface area contributed by atoms with Crippen LogP contribution in [0.5, 0.6) is 0 Å². The molecule has 0 spiro atoms. The number of fused-ring (bicyclic) bond motifs is 1. The molecule has 0 unspecified atom stereocenters. The van der Waals surface area contributed by atoms with Gasteiger partial charge in [0, 0.05) is 38.2 Å². The predicted octanol–water partition coefficient (Wildman–Crippen LogP) is 2.89. The Hall–Kier alpha value is -2.65. The number of carbonyl (C=O) groups is 1. The van der Waals surface area contributed by atoms with Crippen LogP contribution in [0.15, 0.2) is 35.2 Å². The van der Waals surface area contributed by atoms with E-state index in [2.05, 4.69) is 10.2 Å². The zero-order valence-corrected chi connectivity index (χ0v) is 19.1. The predicted molar refractivity (Wildman–Crippen MR) is 121 cm³/mol. The number of hydrogen-bond acceptors (Lipinski definition) is 7. The van der Waals surface area contributed by atoms with Crippen molar-refractivity contribution in [1.82, 2.24) is 4.98 Å². The second kappa shape index (κ2) is 8.12. The van der Waals surface area contributed by atoms with Crippen LogP contribution in [0.25, 0.3) is 0 Å². The highest BCUT2D eigenvalue weighted by Gasteiger charge is 2.39. The Kier molecular flexibility index (Phi) is 5.65. The number of amides is 1. The van der Waals surface area contributed by atoms with E-state index in [9.17, 15) is 13.2 Å². The highest BCUT2D eigenvalue weighted by atomic mass is 32.2. The number of rotatable bonds is 4. The average molecular weight is 445 g/mol. The Balaban J connectivity index is 1.73. The summed E-state index contributed by atoms with van der Waals surface area (Å²) in [6.45, 7) is 5.17. The summed E-state index contributed by atoms with van der Waals surface area (Å²) < 4.78 is 29.4. The Morgan fingerprint density at radius 2 is 1.87 bits per heavy atom. The molecule has 1 atom stereocenters. The third-order valence-electron chi connectivity index (χ3n) is 6.05. The molecule has 0 aliphatic carbocycles. The lowest BCUT2D eigenvalue weighted by atomic mass is 10.0. The van der Waals surface area contributed by atoms with Gasteiger partial charge in [0.15, 0.2) is 15.7 Å². The van der Waals surface area contributed by atoms with Gasteiger partial charge in [-0.15, -0.1) is 0 Å². The van der Waals surface area contributed by atoms with Gasteiger partial charge in [0.2, 0.25) is 5.91 Å². The Bertz CT molecular complexity index is 1110. The molecule has 1 amide bonds. The van der Waals surface area contributed by atoms with Crippen LogP contribution in [-0.4, -0.2) is 57.9 Å². The molecule has 31 heavy (non-hydrogen) atoms. The maximum absolute atomic E-state index is 12.8. The van der Waals surface area contributed by atoms with Gasteiger partial charge < -0.3 is 19.9 Å². The fraction of sp³-hybridized carbons (Fsp3) is 0.455. The minimum absolute atomic E-state index is 0.0400. The molecule has 1 N–H and O–H groups in total. The maximum atomic E-state index is 12.8. The molecule has 1 aromatic carbocycles. The van der Waals surface area contributed by atoms with Gasteiger partial charge in [0.1, 0.15) is 11.9 Å². The summed E-state index contributed by atoms with van der Waals surface area (Å²) in [4.78, 5) is 21.7. The van der Waals surface area contributed by atoms with E-state index in [0.29, 0.717) is 24.7 Å². The van der Waals surface area contributed by atoms with Crippen molar-refractivity contribution in [1.29, 1.82) is 0 Å². The first-order valence-corrected chi connectivity index (χ1v) is 12.3. The molecule has 0 bridgehead atoms. The largest absolute Gasteiger partial charge is 0.381 e. The minimum atomic E-state index is -3.32. The zero-order chi connectivity index (χ0) is 22.3. The summed E-state index contributed by atoms with van der Waals surface area (Å²) in [6, 6.07) is 8.56. The summed E-state index contributed by atoms with van der Waals surface area (Å²) in [5.41, 5.74) is 2.36. The summed E-state index contributed by atoms with van der Waals surface area (Å²) in [5.74, 6) is 1.39. The normalized spacial score (nSPS) is 20.0. The standard InChI is InChI=1S/C22H28N4O4S/c1-14-5-6-17(31(4,28)29)13-18(14)23-20-8-7-19-21(24-20)26(15(2)22(27)25(19)3)16-9-11-30-12-10-16/h5-8,13,15-16H,9-12H2,1-4H3,(H,23,24)/t15-/m1/s1. The molecule has 2 aliphatic rings. The lowest BCUT2D eigenvalue weighted by Gasteiger charge is -2.44. The van der Waals surface area contributed by atoms with Crippen LogP contribution in [0.3, 0.4) is 0 Å².